The lowest BCUT2D eigenvalue weighted by Crippen LogP contribution is -2.33. The Kier molecular flexibility index (Phi) is 6.59. The van der Waals surface area contributed by atoms with Crippen molar-refractivity contribution < 1.29 is 14.0 Å². The standard InChI is InChI=1S/C19H20FN5O2S/c1-13(28-12-18(26)22-15-7-5-14(20)6-8-15)19(27)21-10-9-17-24-23-16-4-2-3-11-25(16)17/h2-8,11,13H,9-10,12H2,1H3,(H,21,27)(H,22,26). The Morgan fingerprint density at radius 2 is 1.96 bits per heavy atom. The summed E-state index contributed by atoms with van der Waals surface area (Å²) in [5, 5.41) is 13.3. The number of amides is 2. The molecule has 1 atom stereocenters. The number of anilines is 1. The average Bonchev–Trinajstić information content (AvgIpc) is 3.11. The number of thioether (sulfide) groups is 1. The molecule has 0 aliphatic rings. The van der Waals surface area contributed by atoms with Crippen LogP contribution in [-0.4, -0.2) is 44.0 Å². The van der Waals surface area contributed by atoms with Gasteiger partial charge in [-0.15, -0.1) is 22.0 Å². The summed E-state index contributed by atoms with van der Waals surface area (Å²) in [7, 11) is 0. The molecular weight excluding hydrogens is 381 g/mol. The van der Waals surface area contributed by atoms with E-state index in [2.05, 4.69) is 20.8 Å². The molecule has 0 saturated heterocycles. The van der Waals surface area contributed by atoms with Crippen molar-refractivity contribution in [2.24, 2.45) is 0 Å². The van der Waals surface area contributed by atoms with E-state index in [0.29, 0.717) is 18.7 Å². The summed E-state index contributed by atoms with van der Waals surface area (Å²) in [5.41, 5.74) is 1.28. The van der Waals surface area contributed by atoms with Crippen molar-refractivity contribution in [2.75, 3.05) is 17.6 Å². The summed E-state index contributed by atoms with van der Waals surface area (Å²) < 4.78 is 14.7. The average molecular weight is 401 g/mol. The topological polar surface area (TPSA) is 88.4 Å². The van der Waals surface area contributed by atoms with E-state index >= 15 is 0 Å². The van der Waals surface area contributed by atoms with Crippen LogP contribution in [0.5, 0.6) is 0 Å². The summed E-state index contributed by atoms with van der Waals surface area (Å²) in [4.78, 5) is 24.1. The number of carbonyl (C=O) groups is 2. The van der Waals surface area contributed by atoms with Crippen molar-refractivity contribution >= 4 is 34.9 Å². The van der Waals surface area contributed by atoms with Gasteiger partial charge in [0.1, 0.15) is 11.6 Å². The van der Waals surface area contributed by atoms with Crippen LogP contribution in [0.1, 0.15) is 12.7 Å². The van der Waals surface area contributed by atoms with Gasteiger partial charge >= 0.3 is 0 Å². The van der Waals surface area contributed by atoms with Gasteiger partial charge in [0.25, 0.3) is 0 Å². The molecule has 0 radical (unpaired) electrons. The smallest absolute Gasteiger partial charge is 0.234 e. The maximum atomic E-state index is 12.9. The molecule has 2 heterocycles. The van der Waals surface area contributed by atoms with Gasteiger partial charge < -0.3 is 10.6 Å². The highest BCUT2D eigenvalue weighted by molar-refractivity contribution is 8.01. The van der Waals surface area contributed by atoms with Crippen LogP contribution in [0.4, 0.5) is 10.1 Å². The van der Waals surface area contributed by atoms with Gasteiger partial charge in [0.05, 0.1) is 11.0 Å². The number of halogens is 1. The summed E-state index contributed by atoms with van der Waals surface area (Å²) in [6.45, 7) is 2.18. The van der Waals surface area contributed by atoms with Gasteiger partial charge in [-0.25, -0.2) is 4.39 Å². The van der Waals surface area contributed by atoms with Crippen molar-refractivity contribution in [1.29, 1.82) is 0 Å². The van der Waals surface area contributed by atoms with Crippen LogP contribution in [0.25, 0.3) is 5.65 Å². The number of nitrogens with one attached hydrogen (secondary N) is 2. The van der Waals surface area contributed by atoms with Crippen molar-refractivity contribution in [3.8, 4) is 0 Å². The molecule has 7 nitrogen and oxygen atoms in total. The lowest BCUT2D eigenvalue weighted by atomic mass is 10.3. The zero-order valence-electron chi connectivity index (χ0n) is 15.3. The highest BCUT2D eigenvalue weighted by Crippen LogP contribution is 2.13. The highest BCUT2D eigenvalue weighted by Gasteiger charge is 2.15. The van der Waals surface area contributed by atoms with Gasteiger partial charge in [-0.2, -0.15) is 0 Å². The second kappa shape index (κ2) is 9.32. The molecule has 0 fully saturated rings. The number of hydrogen-bond acceptors (Lipinski definition) is 5. The van der Waals surface area contributed by atoms with Crippen molar-refractivity contribution in [3.05, 3.63) is 60.3 Å². The minimum atomic E-state index is -0.380. The van der Waals surface area contributed by atoms with Gasteiger partial charge in [0.15, 0.2) is 5.65 Å². The van der Waals surface area contributed by atoms with Crippen LogP contribution >= 0.6 is 11.8 Å². The molecule has 0 aliphatic carbocycles. The predicted octanol–water partition coefficient (Wildman–Crippen LogP) is 2.29. The summed E-state index contributed by atoms with van der Waals surface area (Å²) in [6, 6.07) is 11.2. The van der Waals surface area contributed by atoms with Crippen LogP contribution < -0.4 is 10.6 Å². The molecule has 0 saturated carbocycles. The van der Waals surface area contributed by atoms with Crippen LogP contribution in [0.2, 0.25) is 0 Å². The third-order valence-corrected chi connectivity index (χ3v) is 5.14. The van der Waals surface area contributed by atoms with Crippen LogP contribution in [0.3, 0.4) is 0 Å². The maximum absolute atomic E-state index is 12.9. The van der Waals surface area contributed by atoms with Crippen LogP contribution in [0, 0.1) is 5.82 Å². The Balaban J connectivity index is 1.39. The number of fused-ring (bicyclic) bond motifs is 1. The summed E-state index contributed by atoms with van der Waals surface area (Å²) in [5.74, 6) is 0.145. The van der Waals surface area contributed by atoms with E-state index in [4.69, 9.17) is 0 Å². The summed E-state index contributed by atoms with van der Waals surface area (Å²) in [6.07, 6.45) is 2.43. The number of rotatable bonds is 8. The molecule has 2 N–H and O–H groups in total. The van der Waals surface area contributed by atoms with Crippen LogP contribution in [0.15, 0.2) is 48.7 Å². The molecule has 28 heavy (non-hydrogen) atoms. The molecule has 0 spiro atoms. The molecular formula is C19H20FN5O2S. The number of aromatic nitrogens is 3. The monoisotopic (exact) mass is 401 g/mol. The van der Waals surface area contributed by atoms with E-state index in [1.54, 1.807) is 6.92 Å². The molecule has 0 bridgehead atoms. The fraction of sp³-hybridized carbons (Fsp3) is 0.263. The van der Waals surface area contributed by atoms with E-state index in [9.17, 15) is 14.0 Å². The fourth-order valence-electron chi connectivity index (χ4n) is 2.51. The van der Waals surface area contributed by atoms with Crippen molar-refractivity contribution in [1.82, 2.24) is 19.9 Å². The Bertz CT molecular complexity index is 960. The fourth-order valence-corrected chi connectivity index (χ4v) is 3.22. The third-order valence-electron chi connectivity index (χ3n) is 3.99. The van der Waals surface area contributed by atoms with Crippen molar-refractivity contribution in [2.45, 2.75) is 18.6 Å². The van der Waals surface area contributed by atoms with Gasteiger partial charge in [0.2, 0.25) is 11.8 Å². The van der Waals surface area contributed by atoms with Crippen molar-refractivity contribution in [3.63, 3.8) is 0 Å². The minimum Gasteiger partial charge on any atom is -0.355 e. The van der Waals surface area contributed by atoms with E-state index in [0.717, 1.165) is 11.5 Å². The van der Waals surface area contributed by atoms with E-state index < -0.39 is 0 Å². The molecule has 1 aromatic carbocycles. The highest BCUT2D eigenvalue weighted by atomic mass is 32.2. The van der Waals surface area contributed by atoms with Gasteiger partial charge in [0, 0.05) is 24.8 Å². The number of pyridine rings is 1. The predicted molar refractivity (Wildman–Crippen MR) is 107 cm³/mol. The van der Waals surface area contributed by atoms with E-state index in [-0.39, 0.29) is 28.6 Å². The molecule has 3 rings (SSSR count). The Hall–Kier alpha value is -2.94. The van der Waals surface area contributed by atoms with Gasteiger partial charge in [-0.05, 0) is 43.3 Å². The van der Waals surface area contributed by atoms with E-state index in [1.165, 1.54) is 36.0 Å². The molecule has 0 aliphatic heterocycles. The molecule has 2 amide bonds. The first-order valence-electron chi connectivity index (χ1n) is 8.76. The zero-order chi connectivity index (χ0) is 19.9. The maximum Gasteiger partial charge on any atom is 0.234 e. The third kappa shape index (κ3) is 5.29. The first-order valence-corrected chi connectivity index (χ1v) is 9.81. The first kappa shape index (κ1) is 19.8. The normalized spacial score (nSPS) is 11.9. The Labute approximate surface area is 165 Å². The largest absolute Gasteiger partial charge is 0.355 e. The quantitative estimate of drug-likeness (QED) is 0.605. The second-order valence-corrected chi connectivity index (χ2v) is 7.42. The van der Waals surface area contributed by atoms with Crippen LogP contribution in [-0.2, 0) is 16.0 Å². The minimum absolute atomic E-state index is 0.126. The van der Waals surface area contributed by atoms with Gasteiger partial charge in [-0.3, -0.25) is 14.0 Å². The molecule has 1 unspecified atom stereocenters. The number of carbonyl (C=O) groups excluding carboxylic acids is 2. The first-order chi connectivity index (χ1) is 13.5. The molecule has 2 aromatic heterocycles. The SMILES string of the molecule is CC(SCC(=O)Nc1ccc(F)cc1)C(=O)NCCc1nnc2ccccn12. The van der Waals surface area contributed by atoms with Gasteiger partial charge in [-0.1, -0.05) is 6.07 Å². The molecule has 146 valence electrons. The number of hydrogen-bond donors (Lipinski definition) is 2. The Morgan fingerprint density at radius 1 is 1.18 bits per heavy atom. The number of nitrogens with zero attached hydrogens (tertiary/aromatic N) is 3. The second-order valence-electron chi connectivity index (χ2n) is 6.09. The zero-order valence-corrected chi connectivity index (χ0v) is 16.1. The molecule has 3 aromatic rings. The lowest BCUT2D eigenvalue weighted by Gasteiger charge is -2.12. The lowest BCUT2D eigenvalue weighted by molar-refractivity contribution is -0.120. The van der Waals surface area contributed by atoms with E-state index in [1.807, 2.05) is 28.8 Å². The summed E-state index contributed by atoms with van der Waals surface area (Å²) >= 11 is 1.23. The molecule has 9 heteroatoms. The number of benzene rings is 1. The Morgan fingerprint density at radius 3 is 2.75 bits per heavy atom.